The molecule has 0 aliphatic heterocycles. The molecule has 0 atom stereocenters. The number of hydrogen-bond donors (Lipinski definition) is 1. The van der Waals surface area contributed by atoms with E-state index < -0.39 is 5.97 Å². The van der Waals surface area contributed by atoms with Crippen LogP contribution in [0.15, 0.2) is 22.8 Å². The Hall–Kier alpha value is -1.89. The number of rotatable bonds is 3. The number of carbonyl (C=O) groups is 2. The van der Waals surface area contributed by atoms with Gasteiger partial charge < -0.3 is 10.0 Å². The molecule has 0 saturated carbocycles. The number of nitrogens with zero attached hydrogens (tertiary/aromatic N) is 3. The van der Waals surface area contributed by atoms with Crippen molar-refractivity contribution in [1.29, 1.82) is 0 Å². The van der Waals surface area contributed by atoms with E-state index in [1.165, 1.54) is 7.05 Å². The second-order valence-electron chi connectivity index (χ2n) is 4.18. The number of aryl methyl sites for hydroxylation is 1. The lowest BCUT2D eigenvalue weighted by atomic mass is 10.3. The molecule has 19 heavy (non-hydrogen) atoms. The largest absolute Gasteiger partial charge is 0.480 e. The minimum Gasteiger partial charge on any atom is -0.480 e. The van der Waals surface area contributed by atoms with Crippen LogP contribution in [0.1, 0.15) is 16.2 Å². The molecule has 2 aromatic heterocycles. The Morgan fingerprint density at radius 3 is 2.79 bits per heavy atom. The van der Waals surface area contributed by atoms with Gasteiger partial charge in [-0.3, -0.25) is 14.0 Å². The first-order valence-corrected chi connectivity index (χ1v) is 6.31. The van der Waals surface area contributed by atoms with Crippen molar-refractivity contribution in [3.05, 3.63) is 34.2 Å². The molecule has 0 spiro atoms. The molecule has 0 saturated heterocycles. The molecule has 100 valence electrons. The number of likely N-dealkylation sites (N-methyl/N-ethyl adjacent to an activating group) is 1. The minimum absolute atomic E-state index is 0.348. The molecule has 2 heterocycles. The number of hydrogen-bond acceptors (Lipinski definition) is 3. The SMILES string of the molecule is Cc1nc2ccc(Br)cn2c1C(=O)N(C)CC(=O)O. The van der Waals surface area contributed by atoms with Crippen LogP contribution in [-0.2, 0) is 4.79 Å². The Kier molecular flexibility index (Phi) is 3.57. The topological polar surface area (TPSA) is 74.9 Å². The third-order valence-electron chi connectivity index (χ3n) is 2.68. The summed E-state index contributed by atoms with van der Waals surface area (Å²) in [4.78, 5) is 28.4. The number of aromatic nitrogens is 2. The van der Waals surface area contributed by atoms with Crippen molar-refractivity contribution in [3.8, 4) is 0 Å². The lowest BCUT2D eigenvalue weighted by Crippen LogP contribution is -2.33. The van der Waals surface area contributed by atoms with Crippen LogP contribution in [0.25, 0.3) is 5.65 Å². The fourth-order valence-electron chi connectivity index (χ4n) is 1.85. The molecule has 2 aromatic rings. The number of amides is 1. The molecule has 2 rings (SSSR count). The van der Waals surface area contributed by atoms with Gasteiger partial charge in [0.15, 0.2) is 0 Å². The molecule has 1 N–H and O–H groups in total. The monoisotopic (exact) mass is 325 g/mol. The number of carboxylic acids is 1. The van der Waals surface area contributed by atoms with Crippen molar-refractivity contribution in [2.24, 2.45) is 0 Å². The fraction of sp³-hybridized carbons (Fsp3) is 0.250. The molecule has 0 aliphatic carbocycles. The fourth-order valence-corrected chi connectivity index (χ4v) is 2.19. The molecule has 0 fully saturated rings. The van der Waals surface area contributed by atoms with Crippen molar-refractivity contribution in [1.82, 2.24) is 14.3 Å². The van der Waals surface area contributed by atoms with Gasteiger partial charge in [-0.15, -0.1) is 0 Å². The zero-order valence-electron chi connectivity index (χ0n) is 10.4. The molecule has 7 heteroatoms. The van der Waals surface area contributed by atoms with E-state index in [0.717, 1.165) is 9.37 Å². The third-order valence-corrected chi connectivity index (χ3v) is 3.15. The van der Waals surface area contributed by atoms with Crippen molar-refractivity contribution in [2.45, 2.75) is 6.92 Å². The summed E-state index contributed by atoms with van der Waals surface area (Å²) in [5.41, 5.74) is 1.59. The molecule has 0 bridgehead atoms. The van der Waals surface area contributed by atoms with E-state index in [9.17, 15) is 9.59 Å². The predicted molar refractivity (Wildman–Crippen MR) is 72.2 cm³/mol. The van der Waals surface area contributed by atoms with Gasteiger partial charge in [0.05, 0.1) is 5.69 Å². The van der Waals surface area contributed by atoms with Crippen LogP contribution in [0.5, 0.6) is 0 Å². The maximum atomic E-state index is 12.3. The van der Waals surface area contributed by atoms with Gasteiger partial charge in [-0.1, -0.05) is 0 Å². The maximum absolute atomic E-state index is 12.3. The van der Waals surface area contributed by atoms with Crippen LogP contribution < -0.4 is 0 Å². The van der Waals surface area contributed by atoms with Gasteiger partial charge in [0.2, 0.25) is 0 Å². The molecule has 0 radical (unpaired) electrons. The van der Waals surface area contributed by atoms with Gasteiger partial charge in [0.1, 0.15) is 17.9 Å². The summed E-state index contributed by atoms with van der Waals surface area (Å²) in [6.45, 7) is 1.38. The second-order valence-corrected chi connectivity index (χ2v) is 5.09. The highest BCUT2D eigenvalue weighted by molar-refractivity contribution is 9.10. The highest BCUT2D eigenvalue weighted by Crippen LogP contribution is 2.17. The van der Waals surface area contributed by atoms with Gasteiger partial charge in [-0.25, -0.2) is 4.98 Å². The zero-order valence-corrected chi connectivity index (χ0v) is 12.0. The van der Waals surface area contributed by atoms with E-state index in [1.807, 2.05) is 6.07 Å². The van der Waals surface area contributed by atoms with Crippen LogP contribution in [0.3, 0.4) is 0 Å². The van der Waals surface area contributed by atoms with E-state index >= 15 is 0 Å². The summed E-state index contributed by atoms with van der Waals surface area (Å²) in [5, 5.41) is 8.73. The Labute approximate surface area is 117 Å². The van der Waals surface area contributed by atoms with E-state index in [4.69, 9.17) is 5.11 Å². The highest BCUT2D eigenvalue weighted by Gasteiger charge is 2.21. The first-order valence-electron chi connectivity index (χ1n) is 5.51. The normalized spacial score (nSPS) is 10.7. The van der Waals surface area contributed by atoms with Crippen molar-refractivity contribution < 1.29 is 14.7 Å². The predicted octanol–water partition coefficient (Wildman–Crippen LogP) is 1.56. The number of pyridine rings is 1. The average Bonchev–Trinajstić information content (AvgIpc) is 2.62. The Morgan fingerprint density at radius 2 is 2.16 bits per heavy atom. The summed E-state index contributed by atoms with van der Waals surface area (Å²) in [6, 6.07) is 3.61. The van der Waals surface area contributed by atoms with Crippen molar-refractivity contribution >= 4 is 33.5 Å². The van der Waals surface area contributed by atoms with Crippen LogP contribution in [0.4, 0.5) is 0 Å². The summed E-state index contributed by atoms with van der Waals surface area (Å²) in [7, 11) is 1.45. The first kappa shape index (κ1) is 13.5. The van der Waals surface area contributed by atoms with Crippen LogP contribution in [-0.4, -0.2) is 44.9 Å². The lowest BCUT2D eigenvalue weighted by Gasteiger charge is -2.14. The summed E-state index contributed by atoms with van der Waals surface area (Å²) < 4.78 is 2.47. The Morgan fingerprint density at radius 1 is 1.47 bits per heavy atom. The standard InChI is InChI=1S/C12H12BrN3O3/c1-7-11(12(19)15(2)6-10(17)18)16-5-8(13)3-4-9(16)14-7/h3-5H,6H2,1-2H3,(H,17,18). The van der Waals surface area contributed by atoms with Crippen LogP contribution >= 0.6 is 15.9 Å². The number of aliphatic carboxylic acids is 1. The maximum Gasteiger partial charge on any atom is 0.323 e. The van der Waals surface area contributed by atoms with E-state index in [0.29, 0.717) is 17.0 Å². The van der Waals surface area contributed by atoms with Gasteiger partial charge in [-0.05, 0) is 35.0 Å². The minimum atomic E-state index is -1.05. The average molecular weight is 326 g/mol. The molecule has 1 amide bonds. The molecule has 0 unspecified atom stereocenters. The number of carboxylic acid groups (broad SMARTS) is 1. The number of halogens is 1. The Bertz CT molecular complexity index is 666. The molecule has 0 aromatic carbocycles. The highest BCUT2D eigenvalue weighted by atomic mass is 79.9. The van der Waals surface area contributed by atoms with Gasteiger partial charge in [-0.2, -0.15) is 0 Å². The smallest absolute Gasteiger partial charge is 0.323 e. The first-order chi connectivity index (χ1) is 8.90. The lowest BCUT2D eigenvalue weighted by molar-refractivity contribution is -0.137. The number of fused-ring (bicyclic) bond motifs is 1. The summed E-state index contributed by atoms with van der Waals surface area (Å²) >= 11 is 3.33. The second kappa shape index (κ2) is 5.00. The number of imidazole rings is 1. The van der Waals surface area contributed by atoms with Crippen molar-refractivity contribution in [2.75, 3.05) is 13.6 Å². The van der Waals surface area contributed by atoms with Gasteiger partial charge in [0.25, 0.3) is 5.91 Å². The van der Waals surface area contributed by atoms with Crippen molar-refractivity contribution in [3.63, 3.8) is 0 Å². The van der Waals surface area contributed by atoms with E-state index in [2.05, 4.69) is 20.9 Å². The molecule has 6 nitrogen and oxygen atoms in total. The van der Waals surface area contributed by atoms with Crippen LogP contribution in [0.2, 0.25) is 0 Å². The van der Waals surface area contributed by atoms with E-state index in [1.54, 1.807) is 23.6 Å². The van der Waals surface area contributed by atoms with E-state index in [-0.39, 0.29) is 12.5 Å². The molecular weight excluding hydrogens is 314 g/mol. The van der Waals surface area contributed by atoms with Gasteiger partial charge in [0, 0.05) is 17.7 Å². The summed E-state index contributed by atoms with van der Waals surface area (Å²) in [6.07, 6.45) is 1.73. The quantitative estimate of drug-likeness (QED) is 0.929. The summed E-state index contributed by atoms with van der Waals surface area (Å²) in [5.74, 6) is -1.42. The van der Waals surface area contributed by atoms with Gasteiger partial charge >= 0.3 is 5.97 Å². The molecule has 0 aliphatic rings. The number of carbonyl (C=O) groups excluding carboxylic acids is 1. The Balaban J connectivity index is 2.49. The molecular formula is C12H12BrN3O3. The third kappa shape index (κ3) is 2.60. The van der Waals surface area contributed by atoms with Crippen LogP contribution in [0, 0.1) is 6.92 Å². The zero-order chi connectivity index (χ0) is 14.2.